The van der Waals surface area contributed by atoms with Gasteiger partial charge in [-0.15, -0.1) is 6.58 Å². The Morgan fingerprint density at radius 2 is 1.77 bits per heavy atom. The second kappa shape index (κ2) is 9.16. The van der Waals surface area contributed by atoms with Crippen molar-refractivity contribution in [3.8, 4) is 11.1 Å². The molecule has 0 N–H and O–H groups in total. The van der Waals surface area contributed by atoms with Crippen molar-refractivity contribution in [2.45, 2.75) is 64.2 Å². The van der Waals surface area contributed by atoms with Gasteiger partial charge >= 0.3 is 0 Å². The van der Waals surface area contributed by atoms with Crippen LogP contribution in [0.2, 0.25) is 0 Å². The smallest absolute Gasteiger partial charge is 0.131 e. The predicted octanol–water partition coefficient (Wildman–Crippen LogP) is 7.69. The molecule has 1 saturated carbocycles. The first-order chi connectivity index (χ1) is 12.7. The Balaban J connectivity index is 1.69. The fourth-order valence-electron chi connectivity index (χ4n) is 4.33. The molecule has 0 saturated heterocycles. The molecule has 1 heteroatoms. The van der Waals surface area contributed by atoms with Gasteiger partial charge in [-0.05, 0) is 73.1 Å². The van der Waals surface area contributed by atoms with Gasteiger partial charge in [0.15, 0.2) is 0 Å². The number of halogens is 1. The van der Waals surface area contributed by atoms with Crippen LogP contribution in [0.15, 0.2) is 55.1 Å². The van der Waals surface area contributed by atoms with Crippen molar-refractivity contribution >= 4 is 0 Å². The molecule has 0 amide bonds. The van der Waals surface area contributed by atoms with Crippen LogP contribution < -0.4 is 0 Å². The number of benzene rings is 2. The predicted molar refractivity (Wildman–Crippen MR) is 110 cm³/mol. The van der Waals surface area contributed by atoms with Gasteiger partial charge in [0.1, 0.15) is 5.82 Å². The molecule has 2 aromatic rings. The van der Waals surface area contributed by atoms with Gasteiger partial charge in [0.2, 0.25) is 0 Å². The van der Waals surface area contributed by atoms with E-state index in [0.717, 1.165) is 24.3 Å². The Bertz CT molecular complexity index is 705. The monoisotopic (exact) mass is 350 g/mol. The van der Waals surface area contributed by atoms with Gasteiger partial charge in [-0.25, -0.2) is 4.39 Å². The summed E-state index contributed by atoms with van der Waals surface area (Å²) in [6.07, 6.45) is 11.6. The molecule has 2 aromatic carbocycles. The van der Waals surface area contributed by atoms with Crippen LogP contribution in [0.4, 0.5) is 4.39 Å². The summed E-state index contributed by atoms with van der Waals surface area (Å²) in [5.41, 5.74) is 4.13. The molecule has 0 aromatic heterocycles. The first kappa shape index (κ1) is 18.9. The average molecular weight is 351 g/mol. The normalized spacial score (nSPS) is 20.1. The van der Waals surface area contributed by atoms with E-state index in [-0.39, 0.29) is 5.82 Å². The van der Waals surface area contributed by atoms with E-state index in [1.54, 1.807) is 6.07 Å². The highest BCUT2D eigenvalue weighted by Gasteiger charge is 2.22. The topological polar surface area (TPSA) is 0 Å². The molecule has 0 atom stereocenters. The van der Waals surface area contributed by atoms with E-state index in [1.807, 2.05) is 24.3 Å². The third kappa shape index (κ3) is 4.63. The molecule has 1 aliphatic rings. The second-order valence-corrected chi connectivity index (χ2v) is 7.77. The van der Waals surface area contributed by atoms with Crippen LogP contribution in [0.5, 0.6) is 0 Å². The Labute approximate surface area is 158 Å². The minimum Gasteiger partial charge on any atom is -0.206 e. The number of hydrogen-bond acceptors (Lipinski definition) is 0. The molecule has 3 rings (SSSR count). The Morgan fingerprint density at radius 1 is 1.04 bits per heavy atom. The summed E-state index contributed by atoms with van der Waals surface area (Å²) in [5, 5.41) is 0. The molecule has 26 heavy (non-hydrogen) atoms. The molecule has 0 spiro atoms. The Kier molecular flexibility index (Phi) is 6.66. The van der Waals surface area contributed by atoms with E-state index in [1.165, 1.54) is 49.7 Å². The molecule has 1 aliphatic carbocycles. The van der Waals surface area contributed by atoms with Crippen molar-refractivity contribution in [3.63, 3.8) is 0 Å². The average Bonchev–Trinajstić information content (AvgIpc) is 2.68. The van der Waals surface area contributed by atoms with Gasteiger partial charge in [0.25, 0.3) is 0 Å². The standard InChI is InChI=1S/C25H31F/c1-3-5-7-20-10-14-22(15-11-20)24-17-16-23(18-25(24)26)21-12-8-19(6-4-2)9-13-21/h3,10-11,14-19,21H,1,4-9,12-13H2,2H3. The molecule has 0 bridgehead atoms. The van der Waals surface area contributed by atoms with Crippen LogP contribution in [-0.2, 0) is 6.42 Å². The fraction of sp³-hybridized carbons (Fsp3) is 0.440. The molecule has 1 fully saturated rings. The summed E-state index contributed by atoms with van der Waals surface area (Å²) in [7, 11) is 0. The summed E-state index contributed by atoms with van der Waals surface area (Å²) >= 11 is 0. The lowest BCUT2D eigenvalue weighted by Gasteiger charge is -2.28. The van der Waals surface area contributed by atoms with Crippen LogP contribution in [0.1, 0.15) is 68.9 Å². The zero-order chi connectivity index (χ0) is 18.4. The molecule has 0 aliphatic heterocycles. The van der Waals surface area contributed by atoms with E-state index in [9.17, 15) is 4.39 Å². The van der Waals surface area contributed by atoms with Crippen molar-refractivity contribution in [2.24, 2.45) is 5.92 Å². The lowest BCUT2D eigenvalue weighted by Crippen LogP contribution is -2.13. The van der Waals surface area contributed by atoms with E-state index < -0.39 is 0 Å². The van der Waals surface area contributed by atoms with Gasteiger partial charge < -0.3 is 0 Å². The molecule has 0 nitrogen and oxygen atoms in total. The van der Waals surface area contributed by atoms with Gasteiger partial charge in [-0.1, -0.05) is 62.2 Å². The van der Waals surface area contributed by atoms with Gasteiger partial charge in [0.05, 0.1) is 0 Å². The molecule has 0 radical (unpaired) electrons. The van der Waals surface area contributed by atoms with Crippen LogP contribution in [0.25, 0.3) is 11.1 Å². The molecular formula is C25H31F. The van der Waals surface area contributed by atoms with Gasteiger partial charge in [0, 0.05) is 5.56 Å². The lowest BCUT2D eigenvalue weighted by molar-refractivity contribution is 0.308. The lowest BCUT2D eigenvalue weighted by atomic mass is 9.77. The third-order valence-corrected chi connectivity index (χ3v) is 5.91. The Morgan fingerprint density at radius 3 is 2.38 bits per heavy atom. The van der Waals surface area contributed by atoms with Crippen molar-refractivity contribution in [2.75, 3.05) is 0 Å². The maximum Gasteiger partial charge on any atom is 0.131 e. The maximum absolute atomic E-state index is 14.8. The zero-order valence-corrected chi connectivity index (χ0v) is 16.0. The number of allylic oxidation sites excluding steroid dienone is 1. The van der Waals surface area contributed by atoms with Gasteiger partial charge in [-0.2, -0.15) is 0 Å². The van der Waals surface area contributed by atoms with Gasteiger partial charge in [-0.3, -0.25) is 0 Å². The molecule has 0 unspecified atom stereocenters. The quantitative estimate of drug-likeness (QED) is 0.449. The Hall–Kier alpha value is -1.89. The minimum atomic E-state index is -0.0861. The maximum atomic E-state index is 14.8. The van der Waals surface area contributed by atoms with Crippen molar-refractivity contribution < 1.29 is 4.39 Å². The highest BCUT2D eigenvalue weighted by molar-refractivity contribution is 5.65. The van der Waals surface area contributed by atoms with Crippen LogP contribution in [-0.4, -0.2) is 0 Å². The summed E-state index contributed by atoms with van der Waals surface area (Å²) in [5.74, 6) is 1.34. The SMILES string of the molecule is C=CCCc1ccc(-c2ccc(C3CCC(CCC)CC3)cc2F)cc1. The zero-order valence-electron chi connectivity index (χ0n) is 16.0. The summed E-state index contributed by atoms with van der Waals surface area (Å²) < 4.78 is 14.8. The summed E-state index contributed by atoms with van der Waals surface area (Å²) in [4.78, 5) is 0. The van der Waals surface area contributed by atoms with E-state index in [2.05, 4.69) is 31.7 Å². The van der Waals surface area contributed by atoms with Crippen LogP contribution >= 0.6 is 0 Å². The summed E-state index contributed by atoms with van der Waals surface area (Å²) in [6.45, 7) is 6.03. The number of rotatable bonds is 7. The highest BCUT2D eigenvalue weighted by Crippen LogP contribution is 2.38. The molecular weight excluding hydrogens is 319 g/mol. The minimum absolute atomic E-state index is 0.0861. The molecule has 0 heterocycles. The fourth-order valence-corrected chi connectivity index (χ4v) is 4.33. The number of hydrogen-bond donors (Lipinski definition) is 0. The van der Waals surface area contributed by atoms with Crippen molar-refractivity contribution in [3.05, 3.63) is 72.1 Å². The van der Waals surface area contributed by atoms with Crippen LogP contribution in [0.3, 0.4) is 0 Å². The third-order valence-electron chi connectivity index (χ3n) is 5.91. The number of aryl methyl sites for hydroxylation is 1. The van der Waals surface area contributed by atoms with E-state index >= 15 is 0 Å². The first-order valence-electron chi connectivity index (χ1n) is 10.2. The van der Waals surface area contributed by atoms with E-state index in [0.29, 0.717) is 11.5 Å². The van der Waals surface area contributed by atoms with Crippen molar-refractivity contribution in [1.29, 1.82) is 0 Å². The highest BCUT2D eigenvalue weighted by atomic mass is 19.1. The summed E-state index contributed by atoms with van der Waals surface area (Å²) in [6, 6.07) is 14.2. The van der Waals surface area contributed by atoms with Crippen molar-refractivity contribution in [1.82, 2.24) is 0 Å². The first-order valence-corrected chi connectivity index (χ1v) is 10.2. The molecule has 138 valence electrons. The van der Waals surface area contributed by atoms with E-state index in [4.69, 9.17) is 0 Å². The second-order valence-electron chi connectivity index (χ2n) is 7.77. The largest absolute Gasteiger partial charge is 0.206 e. The van der Waals surface area contributed by atoms with Crippen LogP contribution in [0, 0.1) is 11.7 Å².